The van der Waals surface area contributed by atoms with Gasteiger partial charge in [-0.1, -0.05) is 0 Å². The summed E-state index contributed by atoms with van der Waals surface area (Å²) in [4.78, 5) is 0. The summed E-state index contributed by atoms with van der Waals surface area (Å²) in [7, 11) is 0. The number of rotatable bonds is 8. The molecule has 4 heterocycles. The largest absolute Gasteiger partial charge is 0.486 e. The van der Waals surface area contributed by atoms with Gasteiger partial charge in [0.05, 0.1) is 0 Å². The van der Waals surface area contributed by atoms with Gasteiger partial charge in [0.2, 0.25) is 0 Å². The van der Waals surface area contributed by atoms with Gasteiger partial charge in [0.1, 0.15) is 24.4 Å². The molecule has 4 N–H and O–H groups in total. The van der Waals surface area contributed by atoms with Crippen molar-refractivity contribution in [1.82, 2.24) is 21.3 Å². The Bertz CT molecular complexity index is 1110. The zero-order valence-electron chi connectivity index (χ0n) is 34.8. The molecule has 0 amide bonds. The first-order valence-electron chi connectivity index (χ1n) is 19.5. The van der Waals surface area contributed by atoms with Crippen molar-refractivity contribution in [2.45, 2.75) is 231 Å². The van der Waals surface area contributed by atoms with E-state index in [1.54, 1.807) is 0 Å². The van der Waals surface area contributed by atoms with Gasteiger partial charge in [0.15, 0.2) is 23.0 Å². The fraction of sp³-hybridized carbons (Fsp3) is 0.857. The molecule has 8 heteroatoms. The molecule has 1 aromatic carbocycles. The van der Waals surface area contributed by atoms with Gasteiger partial charge in [0, 0.05) is 108 Å². The van der Waals surface area contributed by atoms with Gasteiger partial charge in [-0.05, 0) is 111 Å². The maximum absolute atomic E-state index is 7.09. The lowest BCUT2D eigenvalue weighted by atomic mass is 9.80. The van der Waals surface area contributed by atoms with E-state index in [0.717, 1.165) is 74.4 Å². The SMILES string of the molecule is CC1(C)CC(Oc2cc(OC3CC(C)(C)NC(C)(C)C3)c(OC3CC(C)(C)NC(C)(C)C3)cc2OC2CC(C)(C)NC(C)(C)C2)CC(C)(C)N1. The maximum Gasteiger partial charge on any atom is 0.165 e. The van der Waals surface area contributed by atoms with Gasteiger partial charge in [-0.15, -0.1) is 0 Å². The second-order valence-corrected chi connectivity index (χ2v) is 21.9. The van der Waals surface area contributed by atoms with Crippen molar-refractivity contribution in [3.8, 4) is 23.0 Å². The molecule has 0 aliphatic carbocycles. The summed E-state index contributed by atoms with van der Waals surface area (Å²) in [6.45, 7) is 36.4. The summed E-state index contributed by atoms with van der Waals surface area (Å²) in [6, 6.07) is 4.20. The maximum atomic E-state index is 7.09. The Morgan fingerprint density at radius 3 is 0.600 bits per heavy atom. The van der Waals surface area contributed by atoms with E-state index < -0.39 is 0 Å². The molecule has 8 nitrogen and oxygen atoms in total. The number of benzene rings is 1. The van der Waals surface area contributed by atoms with Crippen molar-refractivity contribution in [3.05, 3.63) is 12.1 Å². The summed E-state index contributed by atoms with van der Waals surface area (Å²) >= 11 is 0. The third-order valence-electron chi connectivity index (χ3n) is 10.8. The standard InChI is InChI=1S/C42H74N4O4/c1-35(2)19-27(20-36(3,4)43-35)47-31-17-33(49-29-23-39(9,10)45-40(11,12)24-29)34(50-30-25-41(13,14)46-42(15,16)26-30)18-32(31)48-28-21-37(5,6)44-38(7,8)22-28/h17-18,27-30,43-46H,19-26H2,1-16H3. The number of piperidine rings is 4. The summed E-state index contributed by atoms with van der Waals surface area (Å²) < 4.78 is 28.4. The molecule has 4 fully saturated rings. The van der Waals surface area contributed by atoms with E-state index in [2.05, 4.69) is 144 Å². The van der Waals surface area contributed by atoms with E-state index in [0.29, 0.717) is 0 Å². The molecule has 0 bridgehead atoms. The van der Waals surface area contributed by atoms with Crippen LogP contribution in [-0.4, -0.2) is 68.7 Å². The lowest BCUT2D eigenvalue weighted by Crippen LogP contribution is -2.60. The Hall–Kier alpha value is -1.74. The molecule has 0 saturated carbocycles. The van der Waals surface area contributed by atoms with E-state index in [-0.39, 0.29) is 68.7 Å². The third-order valence-corrected chi connectivity index (χ3v) is 10.8. The average Bonchev–Trinajstić information content (AvgIpc) is 2.78. The number of hydrogen-bond acceptors (Lipinski definition) is 8. The van der Waals surface area contributed by atoms with Crippen LogP contribution in [0.15, 0.2) is 12.1 Å². The van der Waals surface area contributed by atoms with E-state index in [1.807, 2.05) is 0 Å². The Balaban J connectivity index is 1.58. The van der Waals surface area contributed by atoms with Crippen LogP contribution in [0.25, 0.3) is 0 Å². The minimum absolute atomic E-state index is 0.0203. The Labute approximate surface area is 305 Å². The van der Waals surface area contributed by atoms with Crippen LogP contribution in [0.4, 0.5) is 0 Å². The highest BCUT2D eigenvalue weighted by Crippen LogP contribution is 2.47. The summed E-state index contributed by atoms with van der Waals surface area (Å²) in [6.07, 6.45) is 7.25. The molecule has 4 saturated heterocycles. The van der Waals surface area contributed by atoms with Gasteiger partial charge in [0.25, 0.3) is 0 Å². The molecule has 50 heavy (non-hydrogen) atoms. The summed E-state index contributed by atoms with van der Waals surface area (Å²) in [5.74, 6) is 2.99. The predicted molar refractivity (Wildman–Crippen MR) is 206 cm³/mol. The van der Waals surface area contributed by atoms with Crippen molar-refractivity contribution in [3.63, 3.8) is 0 Å². The van der Waals surface area contributed by atoms with E-state index in [9.17, 15) is 0 Å². The van der Waals surface area contributed by atoms with Gasteiger partial charge < -0.3 is 40.2 Å². The molecule has 4 aliphatic rings. The smallest absolute Gasteiger partial charge is 0.165 e. The molecular weight excluding hydrogens is 624 g/mol. The highest BCUT2D eigenvalue weighted by Gasteiger charge is 2.44. The number of ether oxygens (including phenoxy) is 4. The minimum atomic E-state index is -0.0558. The molecule has 1 aromatic rings. The number of hydrogen-bond donors (Lipinski definition) is 4. The van der Waals surface area contributed by atoms with Crippen LogP contribution in [-0.2, 0) is 0 Å². The van der Waals surface area contributed by atoms with Crippen LogP contribution >= 0.6 is 0 Å². The van der Waals surface area contributed by atoms with E-state index in [4.69, 9.17) is 18.9 Å². The first kappa shape index (κ1) is 39.5. The summed E-state index contributed by atoms with van der Waals surface area (Å²) in [5.41, 5.74) is -0.446. The van der Waals surface area contributed by atoms with Crippen LogP contribution in [0.1, 0.15) is 162 Å². The quantitative estimate of drug-likeness (QED) is 0.215. The third kappa shape index (κ3) is 10.7. The lowest BCUT2D eigenvalue weighted by molar-refractivity contribution is 0.0313. The molecule has 0 unspecified atom stereocenters. The molecule has 0 radical (unpaired) electrons. The van der Waals surface area contributed by atoms with Crippen LogP contribution in [0, 0.1) is 0 Å². The normalized spacial score (nSPS) is 28.8. The van der Waals surface area contributed by atoms with Crippen molar-refractivity contribution in [1.29, 1.82) is 0 Å². The Kier molecular flexibility index (Phi) is 10.2. The van der Waals surface area contributed by atoms with Gasteiger partial charge in [-0.3, -0.25) is 0 Å². The molecule has 286 valence electrons. The highest BCUT2D eigenvalue weighted by atomic mass is 16.5. The molecule has 5 rings (SSSR count). The topological polar surface area (TPSA) is 85.0 Å². The van der Waals surface area contributed by atoms with Crippen LogP contribution in [0.2, 0.25) is 0 Å². The zero-order valence-corrected chi connectivity index (χ0v) is 34.8. The molecular formula is C42H74N4O4. The van der Waals surface area contributed by atoms with Gasteiger partial charge in [-0.2, -0.15) is 0 Å². The predicted octanol–water partition coefficient (Wildman–Crippen LogP) is 8.44. The van der Waals surface area contributed by atoms with Crippen molar-refractivity contribution in [2.24, 2.45) is 0 Å². The molecule has 0 aromatic heterocycles. The van der Waals surface area contributed by atoms with Gasteiger partial charge in [-0.25, -0.2) is 0 Å². The fourth-order valence-corrected chi connectivity index (χ4v) is 10.9. The van der Waals surface area contributed by atoms with Crippen LogP contribution in [0.3, 0.4) is 0 Å². The molecule has 0 spiro atoms. The van der Waals surface area contributed by atoms with Crippen molar-refractivity contribution in [2.75, 3.05) is 0 Å². The van der Waals surface area contributed by atoms with E-state index >= 15 is 0 Å². The van der Waals surface area contributed by atoms with Crippen LogP contribution in [0.5, 0.6) is 23.0 Å². The van der Waals surface area contributed by atoms with Gasteiger partial charge >= 0.3 is 0 Å². The zero-order chi connectivity index (χ0) is 37.3. The molecule has 0 atom stereocenters. The minimum Gasteiger partial charge on any atom is -0.486 e. The van der Waals surface area contributed by atoms with E-state index in [1.165, 1.54) is 0 Å². The fourth-order valence-electron chi connectivity index (χ4n) is 10.9. The first-order valence-corrected chi connectivity index (χ1v) is 19.5. The lowest BCUT2D eigenvalue weighted by Gasteiger charge is -2.47. The molecule has 4 aliphatic heterocycles. The number of nitrogens with one attached hydrogen (secondary N) is 4. The average molecular weight is 699 g/mol. The first-order chi connectivity index (χ1) is 22.5. The van der Waals surface area contributed by atoms with Crippen LogP contribution < -0.4 is 40.2 Å². The van der Waals surface area contributed by atoms with Crippen molar-refractivity contribution < 1.29 is 18.9 Å². The monoisotopic (exact) mass is 699 g/mol. The second kappa shape index (κ2) is 13.0. The summed E-state index contributed by atoms with van der Waals surface area (Å²) in [5, 5.41) is 15.3. The second-order valence-electron chi connectivity index (χ2n) is 21.9. The Morgan fingerprint density at radius 2 is 0.460 bits per heavy atom. The van der Waals surface area contributed by atoms with Crippen molar-refractivity contribution >= 4 is 0 Å². The highest BCUT2D eigenvalue weighted by molar-refractivity contribution is 5.55. The Morgan fingerprint density at radius 1 is 0.320 bits per heavy atom.